The van der Waals surface area contributed by atoms with Gasteiger partial charge in [-0.25, -0.2) is 0 Å². The Morgan fingerprint density at radius 1 is 1.64 bits per heavy atom. The highest BCUT2D eigenvalue weighted by Crippen LogP contribution is 2.05. The number of morpholine rings is 1. The molecule has 1 rings (SSSR count). The highest BCUT2D eigenvalue weighted by atomic mass is 16.5. The molecule has 0 N–H and O–H groups in total. The number of amides is 1. The number of rotatable bonds is 2. The Bertz CT molecular complexity index is 138. The molecule has 0 aliphatic carbocycles. The van der Waals surface area contributed by atoms with Crippen LogP contribution in [0.5, 0.6) is 0 Å². The van der Waals surface area contributed by atoms with Crippen LogP contribution in [-0.2, 0) is 9.53 Å². The fourth-order valence-electron chi connectivity index (χ4n) is 1.17. The van der Waals surface area contributed by atoms with Gasteiger partial charge in [-0.2, -0.15) is 0 Å². The number of hydrogen-bond acceptors (Lipinski definition) is 3. The van der Waals surface area contributed by atoms with Gasteiger partial charge >= 0.3 is 0 Å². The fourth-order valence-corrected chi connectivity index (χ4v) is 1.17. The Morgan fingerprint density at radius 2 is 2.36 bits per heavy atom. The summed E-state index contributed by atoms with van der Waals surface area (Å²) in [5.41, 5.74) is 0. The van der Waals surface area contributed by atoms with Crippen LogP contribution < -0.4 is 0 Å². The quantitative estimate of drug-likeness (QED) is 0.501. The summed E-state index contributed by atoms with van der Waals surface area (Å²) >= 11 is 0. The Hall–Kier alpha value is -0.610. The Kier molecular flexibility index (Phi) is 2.84. The molecule has 0 radical (unpaired) electrons. The van der Waals surface area contributed by atoms with E-state index in [-0.39, 0.29) is 6.17 Å². The van der Waals surface area contributed by atoms with Crippen LogP contribution in [0, 0.1) is 0 Å². The maximum Gasteiger partial charge on any atom is 0.211 e. The lowest BCUT2D eigenvalue weighted by Gasteiger charge is -2.36. The third-order valence-corrected chi connectivity index (χ3v) is 1.88. The summed E-state index contributed by atoms with van der Waals surface area (Å²) in [6.45, 7) is 1.97. The van der Waals surface area contributed by atoms with Crippen LogP contribution in [0.4, 0.5) is 0 Å². The van der Waals surface area contributed by atoms with Gasteiger partial charge in [0.2, 0.25) is 6.41 Å². The second-order valence-corrected chi connectivity index (χ2v) is 2.86. The van der Waals surface area contributed by atoms with E-state index in [1.165, 1.54) is 0 Å². The molecule has 1 amide bonds. The molecule has 0 saturated carbocycles. The predicted molar refractivity (Wildman–Crippen MR) is 41.1 cm³/mol. The Labute approximate surface area is 66.7 Å². The molecule has 1 unspecified atom stereocenters. The van der Waals surface area contributed by atoms with Crippen molar-refractivity contribution in [3.63, 3.8) is 0 Å². The van der Waals surface area contributed by atoms with Gasteiger partial charge in [-0.1, -0.05) is 0 Å². The zero-order valence-corrected chi connectivity index (χ0v) is 6.99. The van der Waals surface area contributed by atoms with Gasteiger partial charge in [-0.05, 0) is 14.1 Å². The molecule has 1 fully saturated rings. The standard InChI is InChI=1S/C7H14N2O2/c1-8(2)7-5-11-4-3-9(7)6-10/h6-7H,3-5H2,1-2H3. The highest BCUT2D eigenvalue weighted by molar-refractivity contribution is 5.47. The van der Waals surface area contributed by atoms with Gasteiger partial charge in [-0.15, -0.1) is 0 Å². The van der Waals surface area contributed by atoms with Crippen LogP contribution >= 0.6 is 0 Å². The maximum absolute atomic E-state index is 10.5. The first-order chi connectivity index (χ1) is 5.25. The summed E-state index contributed by atoms with van der Waals surface area (Å²) in [5.74, 6) is 0. The van der Waals surface area contributed by atoms with Crippen LogP contribution in [0.15, 0.2) is 0 Å². The number of ether oxygens (including phenoxy) is 1. The summed E-state index contributed by atoms with van der Waals surface area (Å²) in [6, 6.07) is 0. The molecule has 0 aromatic heterocycles. The largest absolute Gasteiger partial charge is 0.376 e. The van der Waals surface area contributed by atoms with Crippen molar-refractivity contribution in [2.75, 3.05) is 33.9 Å². The predicted octanol–water partition coefficient (Wildman–Crippen LogP) is -0.637. The highest BCUT2D eigenvalue weighted by Gasteiger charge is 2.22. The van der Waals surface area contributed by atoms with Crippen molar-refractivity contribution in [3.8, 4) is 0 Å². The lowest BCUT2D eigenvalue weighted by atomic mass is 10.3. The molecule has 1 aliphatic rings. The molecule has 4 heteroatoms. The first-order valence-corrected chi connectivity index (χ1v) is 3.71. The van der Waals surface area contributed by atoms with Crippen molar-refractivity contribution < 1.29 is 9.53 Å². The summed E-state index contributed by atoms with van der Waals surface area (Å²) < 4.78 is 5.23. The van der Waals surface area contributed by atoms with E-state index in [1.54, 1.807) is 4.90 Å². The van der Waals surface area contributed by atoms with E-state index in [0.29, 0.717) is 19.8 Å². The van der Waals surface area contributed by atoms with Crippen molar-refractivity contribution in [3.05, 3.63) is 0 Å². The molecule has 1 heterocycles. The molecular formula is C7H14N2O2. The Morgan fingerprint density at radius 3 is 2.82 bits per heavy atom. The second kappa shape index (κ2) is 3.69. The van der Waals surface area contributed by atoms with Crippen LogP contribution in [0.2, 0.25) is 0 Å². The molecule has 0 aromatic rings. The van der Waals surface area contributed by atoms with E-state index >= 15 is 0 Å². The van der Waals surface area contributed by atoms with E-state index in [1.807, 2.05) is 19.0 Å². The van der Waals surface area contributed by atoms with Gasteiger partial charge < -0.3 is 9.64 Å². The van der Waals surface area contributed by atoms with Crippen LogP contribution in [0.25, 0.3) is 0 Å². The number of carbonyl (C=O) groups is 1. The lowest BCUT2D eigenvalue weighted by Crippen LogP contribution is -2.51. The van der Waals surface area contributed by atoms with E-state index in [4.69, 9.17) is 4.74 Å². The first kappa shape index (κ1) is 8.49. The summed E-state index contributed by atoms with van der Waals surface area (Å²) in [7, 11) is 3.88. The number of nitrogens with zero attached hydrogens (tertiary/aromatic N) is 2. The number of carbonyl (C=O) groups excluding carboxylic acids is 1. The topological polar surface area (TPSA) is 32.8 Å². The van der Waals surface area contributed by atoms with Crippen molar-refractivity contribution in [2.24, 2.45) is 0 Å². The molecular weight excluding hydrogens is 144 g/mol. The normalized spacial score (nSPS) is 25.7. The minimum Gasteiger partial charge on any atom is -0.376 e. The van der Waals surface area contributed by atoms with Crippen LogP contribution in [-0.4, -0.2) is 56.2 Å². The summed E-state index contributed by atoms with van der Waals surface area (Å²) in [5, 5.41) is 0. The van der Waals surface area contributed by atoms with Crippen molar-refractivity contribution in [2.45, 2.75) is 6.17 Å². The van der Waals surface area contributed by atoms with Gasteiger partial charge in [0.05, 0.1) is 13.2 Å². The molecule has 0 spiro atoms. The number of likely N-dealkylation sites (N-methyl/N-ethyl adjacent to an activating group) is 1. The SMILES string of the molecule is CN(C)C1COCCN1C=O. The molecule has 0 bridgehead atoms. The molecule has 11 heavy (non-hydrogen) atoms. The first-order valence-electron chi connectivity index (χ1n) is 3.71. The van der Waals surface area contributed by atoms with Gasteiger partial charge in [0, 0.05) is 6.54 Å². The zero-order valence-electron chi connectivity index (χ0n) is 6.99. The molecule has 4 nitrogen and oxygen atoms in total. The van der Waals surface area contributed by atoms with Crippen molar-refractivity contribution >= 4 is 6.41 Å². The van der Waals surface area contributed by atoms with E-state index in [9.17, 15) is 4.79 Å². The van der Waals surface area contributed by atoms with Crippen molar-refractivity contribution in [1.82, 2.24) is 9.80 Å². The third-order valence-electron chi connectivity index (χ3n) is 1.88. The van der Waals surface area contributed by atoms with Gasteiger partial charge in [0.25, 0.3) is 0 Å². The zero-order chi connectivity index (χ0) is 8.27. The van der Waals surface area contributed by atoms with Crippen molar-refractivity contribution in [1.29, 1.82) is 0 Å². The van der Waals surface area contributed by atoms with Crippen LogP contribution in [0.1, 0.15) is 0 Å². The summed E-state index contributed by atoms with van der Waals surface area (Å²) in [4.78, 5) is 14.3. The second-order valence-electron chi connectivity index (χ2n) is 2.86. The molecule has 1 saturated heterocycles. The molecule has 0 aromatic carbocycles. The minimum absolute atomic E-state index is 0.112. The smallest absolute Gasteiger partial charge is 0.211 e. The Balaban J connectivity index is 2.51. The summed E-state index contributed by atoms with van der Waals surface area (Å²) in [6.07, 6.45) is 0.994. The van der Waals surface area contributed by atoms with Gasteiger partial charge in [0.1, 0.15) is 6.17 Å². The van der Waals surface area contributed by atoms with Crippen LogP contribution in [0.3, 0.4) is 0 Å². The maximum atomic E-state index is 10.5. The minimum atomic E-state index is 0.112. The lowest BCUT2D eigenvalue weighted by molar-refractivity contribution is -0.133. The molecule has 1 atom stereocenters. The fraction of sp³-hybridized carbons (Fsp3) is 0.857. The van der Waals surface area contributed by atoms with Gasteiger partial charge in [0.15, 0.2) is 0 Å². The monoisotopic (exact) mass is 158 g/mol. The average molecular weight is 158 g/mol. The molecule has 1 aliphatic heterocycles. The number of hydrogen-bond donors (Lipinski definition) is 0. The van der Waals surface area contributed by atoms with Gasteiger partial charge in [-0.3, -0.25) is 9.69 Å². The molecule has 64 valence electrons. The van der Waals surface area contributed by atoms with E-state index in [2.05, 4.69) is 0 Å². The third kappa shape index (κ3) is 1.91. The average Bonchev–Trinajstić information content (AvgIpc) is 2.04. The van der Waals surface area contributed by atoms with E-state index in [0.717, 1.165) is 6.41 Å². The van der Waals surface area contributed by atoms with E-state index < -0.39 is 0 Å².